The van der Waals surface area contributed by atoms with Gasteiger partial charge in [-0.1, -0.05) is 0 Å². The highest BCUT2D eigenvalue weighted by Gasteiger charge is 2.49. The number of rotatable bonds is 10. The zero-order chi connectivity index (χ0) is 40.6. The maximum absolute atomic E-state index is 13.4. The summed E-state index contributed by atoms with van der Waals surface area (Å²) in [7, 11) is 8.97. The van der Waals surface area contributed by atoms with E-state index >= 15 is 0 Å². The van der Waals surface area contributed by atoms with Gasteiger partial charge in [-0.25, -0.2) is 4.98 Å². The summed E-state index contributed by atoms with van der Waals surface area (Å²) in [4.78, 5) is 78.5. The molecule has 5 aliphatic heterocycles. The van der Waals surface area contributed by atoms with Crippen LogP contribution in [0.3, 0.4) is 0 Å². The third-order valence-electron chi connectivity index (χ3n) is 12.7. The van der Waals surface area contributed by atoms with E-state index < -0.39 is 23.8 Å². The second kappa shape index (κ2) is 14.2. The Hall–Kier alpha value is -5.80. The molecule has 15 nitrogen and oxygen atoms in total. The maximum atomic E-state index is 13.4. The molecule has 4 fully saturated rings. The fraction of sp³-hybridized carbons (Fsp3) is 0.442. The number of piperidine rings is 1. The van der Waals surface area contributed by atoms with Crippen molar-refractivity contribution in [2.24, 2.45) is 18.4 Å². The van der Waals surface area contributed by atoms with Gasteiger partial charge in [0.1, 0.15) is 23.4 Å². The van der Waals surface area contributed by atoms with Crippen molar-refractivity contribution >= 4 is 45.9 Å². The van der Waals surface area contributed by atoms with Gasteiger partial charge in [-0.2, -0.15) is 0 Å². The lowest BCUT2D eigenvalue weighted by atomic mass is 9.78. The molecule has 0 saturated carbocycles. The molecule has 1 atom stereocenters. The fourth-order valence-electron chi connectivity index (χ4n) is 9.73. The van der Waals surface area contributed by atoms with Crippen LogP contribution in [0.15, 0.2) is 53.6 Å². The van der Waals surface area contributed by atoms with Gasteiger partial charge in [-0.3, -0.25) is 39.1 Å². The van der Waals surface area contributed by atoms with Gasteiger partial charge in [-0.15, -0.1) is 0 Å². The number of nitrogens with zero attached hydrogens (tertiary/aromatic N) is 7. The third kappa shape index (κ3) is 6.36. The van der Waals surface area contributed by atoms with Crippen molar-refractivity contribution in [1.82, 2.24) is 29.6 Å². The first-order valence-corrected chi connectivity index (χ1v) is 19.8. The Balaban J connectivity index is 0.811. The van der Waals surface area contributed by atoms with Crippen LogP contribution in [0.5, 0.6) is 11.5 Å². The lowest BCUT2D eigenvalue weighted by Gasteiger charge is -2.51. The topological polar surface area (TPSA) is 150 Å². The SMILES string of the molecule is COc1cc(-c2cn(C)c(=O)c3cnc(N(C)C)cc23)cc(OC)c1CN1CC(CN2CC3(CCN(c4ccc5c(c4)C(=O)N(C4CCC(=O)NC4=O)C5=O)C3)C2)C1. The number of benzene rings is 2. The molecule has 4 amide bonds. The largest absolute Gasteiger partial charge is 0.496 e. The smallest absolute Gasteiger partial charge is 0.262 e. The number of aryl methyl sites for hydroxylation is 1. The van der Waals surface area contributed by atoms with Crippen molar-refractivity contribution < 1.29 is 28.7 Å². The van der Waals surface area contributed by atoms with Gasteiger partial charge in [0.15, 0.2) is 0 Å². The molecule has 0 bridgehead atoms. The molecule has 7 heterocycles. The number of carbonyl (C=O) groups excluding carboxylic acids is 4. The molecular formula is C43H48N8O7. The van der Waals surface area contributed by atoms with Crippen LogP contribution in [-0.4, -0.2) is 128 Å². The number of aromatic nitrogens is 2. The van der Waals surface area contributed by atoms with Gasteiger partial charge >= 0.3 is 0 Å². The molecule has 58 heavy (non-hydrogen) atoms. The Labute approximate surface area is 336 Å². The molecule has 4 aromatic rings. The van der Waals surface area contributed by atoms with Crippen LogP contribution in [0, 0.1) is 11.3 Å². The fourth-order valence-corrected chi connectivity index (χ4v) is 9.73. The summed E-state index contributed by atoms with van der Waals surface area (Å²) in [6.07, 6.45) is 4.80. The average molecular weight is 789 g/mol. The number of amides is 4. The molecule has 1 N–H and O–H groups in total. The summed E-state index contributed by atoms with van der Waals surface area (Å²) < 4.78 is 13.5. The molecule has 9 rings (SSSR count). The monoisotopic (exact) mass is 788 g/mol. The Bertz CT molecular complexity index is 2430. The van der Waals surface area contributed by atoms with Crippen molar-refractivity contribution in [3.63, 3.8) is 0 Å². The van der Waals surface area contributed by atoms with Gasteiger partial charge < -0.3 is 28.7 Å². The second-order valence-corrected chi connectivity index (χ2v) is 16.9. The highest BCUT2D eigenvalue weighted by atomic mass is 16.5. The summed E-state index contributed by atoms with van der Waals surface area (Å²) >= 11 is 0. The van der Waals surface area contributed by atoms with Crippen LogP contribution >= 0.6 is 0 Å². The number of carbonyl (C=O) groups is 4. The second-order valence-electron chi connectivity index (χ2n) is 16.9. The number of likely N-dealkylation sites (tertiary alicyclic amines) is 2. The van der Waals surface area contributed by atoms with Crippen molar-refractivity contribution in [3.8, 4) is 22.6 Å². The van der Waals surface area contributed by atoms with Crippen LogP contribution in [0.25, 0.3) is 21.9 Å². The zero-order valence-electron chi connectivity index (χ0n) is 33.5. The molecule has 1 unspecified atom stereocenters. The highest BCUT2D eigenvalue weighted by Crippen LogP contribution is 2.44. The molecule has 1 spiro atoms. The zero-order valence-corrected chi connectivity index (χ0v) is 33.5. The number of ether oxygens (including phenoxy) is 2. The van der Waals surface area contributed by atoms with Gasteiger partial charge in [0.25, 0.3) is 17.4 Å². The van der Waals surface area contributed by atoms with Crippen LogP contribution in [0.1, 0.15) is 45.5 Å². The highest BCUT2D eigenvalue weighted by molar-refractivity contribution is 6.23. The minimum atomic E-state index is -0.971. The van der Waals surface area contributed by atoms with Crippen molar-refractivity contribution in [2.45, 2.75) is 31.8 Å². The molecule has 15 heteroatoms. The first-order valence-electron chi connectivity index (χ1n) is 19.8. The average Bonchev–Trinajstić information content (AvgIpc) is 3.73. The summed E-state index contributed by atoms with van der Waals surface area (Å²) in [5.74, 6) is 0.855. The summed E-state index contributed by atoms with van der Waals surface area (Å²) in [5.41, 5.74) is 4.41. The molecule has 0 radical (unpaired) electrons. The van der Waals surface area contributed by atoms with Crippen LogP contribution < -0.4 is 30.1 Å². The van der Waals surface area contributed by atoms with Crippen molar-refractivity contribution in [1.29, 1.82) is 0 Å². The van der Waals surface area contributed by atoms with E-state index in [0.29, 0.717) is 29.0 Å². The van der Waals surface area contributed by atoms with Crippen LogP contribution in [0.2, 0.25) is 0 Å². The van der Waals surface area contributed by atoms with Gasteiger partial charge in [0.2, 0.25) is 11.8 Å². The van der Waals surface area contributed by atoms with Gasteiger partial charge in [-0.05, 0) is 60.7 Å². The predicted molar refractivity (Wildman–Crippen MR) is 217 cm³/mol. The summed E-state index contributed by atoms with van der Waals surface area (Å²) in [6.45, 7) is 7.52. The Morgan fingerprint density at radius 2 is 1.60 bits per heavy atom. The molecular weight excluding hydrogens is 741 g/mol. The number of methoxy groups -OCH3 is 2. The van der Waals surface area contributed by atoms with E-state index in [1.54, 1.807) is 44.2 Å². The Morgan fingerprint density at radius 3 is 2.29 bits per heavy atom. The van der Waals surface area contributed by atoms with Crippen LogP contribution in [0.4, 0.5) is 11.5 Å². The van der Waals surface area contributed by atoms with E-state index in [4.69, 9.17) is 9.47 Å². The van der Waals surface area contributed by atoms with E-state index in [1.807, 2.05) is 49.5 Å². The number of hydrogen-bond acceptors (Lipinski definition) is 12. The Morgan fingerprint density at radius 1 is 0.879 bits per heavy atom. The number of fused-ring (bicyclic) bond motifs is 2. The number of pyridine rings is 2. The van der Waals surface area contributed by atoms with E-state index in [1.165, 1.54) is 0 Å². The summed E-state index contributed by atoms with van der Waals surface area (Å²) in [6, 6.07) is 10.4. The van der Waals surface area contributed by atoms with E-state index in [9.17, 15) is 24.0 Å². The first kappa shape index (κ1) is 37.8. The molecule has 302 valence electrons. The lowest BCUT2D eigenvalue weighted by Crippen LogP contribution is -2.61. The van der Waals surface area contributed by atoms with Gasteiger partial charge in [0.05, 0.1) is 36.3 Å². The van der Waals surface area contributed by atoms with Crippen molar-refractivity contribution in [3.05, 3.63) is 75.8 Å². The number of imide groups is 2. The molecule has 0 aliphatic carbocycles. The summed E-state index contributed by atoms with van der Waals surface area (Å²) in [5, 5.41) is 3.62. The predicted octanol–water partition coefficient (Wildman–Crippen LogP) is 2.73. The first-order chi connectivity index (χ1) is 27.8. The minimum Gasteiger partial charge on any atom is -0.496 e. The number of hydrogen-bond donors (Lipinski definition) is 1. The number of nitrogens with one attached hydrogen (secondary N) is 1. The van der Waals surface area contributed by atoms with Gasteiger partial charge in [0, 0.05) is 114 Å². The van der Waals surface area contributed by atoms with E-state index in [2.05, 4.69) is 25.0 Å². The van der Waals surface area contributed by atoms with E-state index in [-0.39, 0.29) is 29.7 Å². The van der Waals surface area contributed by atoms with E-state index in [0.717, 1.165) is 102 Å². The minimum absolute atomic E-state index is 0.0940. The standard InChI is InChI=1S/C43H48N8O7/c1-46(2)37-15-29-31(16-44-37)40(54)47(3)20-32(29)26-12-35(57-4)33(36(13-26)58-5)21-48-17-25(18-48)19-49-22-43(23-49)10-11-50(24-43)27-6-7-28-30(14-27)42(56)51(41(28)55)34-8-9-38(52)45-39(34)53/h6-7,12-16,20,25,34H,8-11,17-19,21-24H2,1-5H3,(H,45,52,53). The Kier molecular flexibility index (Phi) is 9.27. The maximum Gasteiger partial charge on any atom is 0.262 e. The molecule has 4 saturated heterocycles. The number of anilines is 2. The molecule has 2 aromatic heterocycles. The van der Waals surface area contributed by atoms with Crippen LogP contribution in [-0.2, 0) is 23.2 Å². The quantitative estimate of drug-likeness (QED) is 0.236. The normalized spacial score (nSPS) is 20.7. The third-order valence-corrected chi connectivity index (χ3v) is 12.7. The molecule has 5 aliphatic rings. The molecule has 2 aromatic carbocycles. The van der Waals surface area contributed by atoms with Crippen molar-refractivity contribution in [2.75, 3.05) is 83.9 Å². The lowest BCUT2D eigenvalue weighted by molar-refractivity contribution is -0.136.